The zero-order valence-electron chi connectivity index (χ0n) is 12.7. The first-order chi connectivity index (χ1) is 9.71. The average molecular weight is 300 g/mol. The molecule has 0 spiro atoms. The van der Waals surface area contributed by atoms with Gasteiger partial charge < -0.3 is 15.4 Å². The number of amides is 1. The highest BCUT2D eigenvalue weighted by molar-refractivity contribution is 8.00. The summed E-state index contributed by atoms with van der Waals surface area (Å²) in [4.78, 5) is 12.4. The number of thioether (sulfide) groups is 1. The molecule has 2 atom stereocenters. The van der Waals surface area contributed by atoms with Crippen LogP contribution in [0.4, 0.5) is 0 Å². The minimum absolute atomic E-state index is 0.0301. The molecular formula is C15H28N2O2S. The number of nitrogens with one attached hydrogen (secondary N) is 2. The Labute approximate surface area is 126 Å². The molecule has 0 radical (unpaired) electrons. The van der Waals surface area contributed by atoms with Crippen LogP contribution in [0.5, 0.6) is 0 Å². The monoisotopic (exact) mass is 300 g/mol. The Bertz CT molecular complexity index is 319. The summed E-state index contributed by atoms with van der Waals surface area (Å²) >= 11 is 1.93. The first kappa shape index (κ1) is 16.1. The van der Waals surface area contributed by atoms with Crippen molar-refractivity contribution in [2.24, 2.45) is 5.92 Å². The molecule has 0 aromatic heterocycles. The van der Waals surface area contributed by atoms with Crippen molar-refractivity contribution in [1.82, 2.24) is 10.6 Å². The molecule has 1 saturated carbocycles. The van der Waals surface area contributed by atoms with E-state index in [1.54, 1.807) is 0 Å². The van der Waals surface area contributed by atoms with Crippen LogP contribution < -0.4 is 10.6 Å². The number of hydrogen-bond donors (Lipinski definition) is 2. The Morgan fingerprint density at radius 1 is 1.30 bits per heavy atom. The van der Waals surface area contributed by atoms with E-state index in [4.69, 9.17) is 4.74 Å². The van der Waals surface area contributed by atoms with Crippen LogP contribution in [0.3, 0.4) is 0 Å². The van der Waals surface area contributed by atoms with Crippen LogP contribution in [0.15, 0.2) is 0 Å². The van der Waals surface area contributed by atoms with Gasteiger partial charge in [0, 0.05) is 17.3 Å². The molecule has 2 unspecified atom stereocenters. The lowest BCUT2D eigenvalue weighted by molar-refractivity contribution is -0.125. The summed E-state index contributed by atoms with van der Waals surface area (Å²) in [6.07, 6.45) is 8.57. The second-order valence-electron chi connectivity index (χ2n) is 5.97. The van der Waals surface area contributed by atoms with E-state index in [1.165, 1.54) is 32.1 Å². The number of likely N-dealkylation sites (N-methyl/N-ethyl adjacent to an activating group) is 1. The summed E-state index contributed by atoms with van der Waals surface area (Å²) in [5, 5.41) is 6.54. The molecule has 2 N–H and O–H groups in total. The van der Waals surface area contributed by atoms with Gasteiger partial charge in [-0.05, 0) is 25.6 Å². The van der Waals surface area contributed by atoms with Crippen molar-refractivity contribution in [3.63, 3.8) is 0 Å². The van der Waals surface area contributed by atoms with Crippen LogP contribution >= 0.6 is 11.8 Å². The molecule has 1 aliphatic carbocycles. The van der Waals surface area contributed by atoms with Crippen molar-refractivity contribution >= 4 is 17.7 Å². The SMILES string of the molecule is CCNC1COCC1C(=O)NCC1(SC)CCCCC1. The summed E-state index contributed by atoms with van der Waals surface area (Å²) in [7, 11) is 0. The van der Waals surface area contributed by atoms with E-state index in [1.807, 2.05) is 11.8 Å². The van der Waals surface area contributed by atoms with E-state index in [9.17, 15) is 4.79 Å². The van der Waals surface area contributed by atoms with Crippen LogP contribution in [0.1, 0.15) is 39.0 Å². The lowest BCUT2D eigenvalue weighted by atomic mass is 9.88. The number of carbonyl (C=O) groups excluding carboxylic acids is 1. The summed E-state index contributed by atoms with van der Waals surface area (Å²) in [6, 6.07) is 0.177. The van der Waals surface area contributed by atoms with E-state index in [2.05, 4.69) is 23.8 Å². The van der Waals surface area contributed by atoms with E-state index in [0.29, 0.717) is 13.2 Å². The summed E-state index contributed by atoms with van der Waals surface area (Å²) in [5.41, 5.74) is 0. The lowest BCUT2D eigenvalue weighted by Crippen LogP contribution is -2.48. The molecule has 1 heterocycles. The molecule has 4 nitrogen and oxygen atoms in total. The number of ether oxygens (including phenoxy) is 1. The van der Waals surface area contributed by atoms with Gasteiger partial charge in [0.25, 0.3) is 0 Å². The van der Waals surface area contributed by atoms with Crippen molar-refractivity contribution in [2.45, 2.75) is 49.8 Å². The third kappa shape index (κ3) is 3.89. The van der Waals surface area contributed by atoms with Gasteiger partial charge in [-0.2, -0.15) is 11.8 Å². The Morgan fingerprint density at radius 3 is 2.70 bits per heavy atom. The fourth-order valence-electron chi connectivity index (χ4n) is 3.30. The van der Waals surface area contributed by atoms with Crippen LogP contribution in [0.25, 0.3) is 0 Å². The largest absolute Gasteiger partial charge is 0.379 e. The van der Waals surface area contributed by atoms with Crippen molar-refractivity contribution in [3.05, 3.63) is 0 Å². The van der Waals surface area contributed by atoms with Crippen molar-refractivity contribution in [3.8, 4) is 0 Å². The van der Waals surface area contributed by atoms with Gasteiger partial charge >= 0.3 is 0 Å². The van der Waals surface area contributed by atoms with E-state index < -0.39 is 0 Å². The van der Waals surface area contributed by atoms with E-state index in [0.717, 1.165) is 13.1 Å². The third-order valence-electron chi connectivity index (χ3n) is 4.67. The molecule has 20 heavy (non-hydrogen) atoms. The highest BCUT2D eigenvalue weighted by Crippen LogP contribution is 2.38. The van der Waals surface area contributed by atoms with Crippen LogP contribution in [-0.4, -0.2) is 49.3 Å². The Hall–Kier alpha value is -0.260. The van der Waals surface area contributed by atoms with Crippen LogP contribution in [0.2, 0.25) is 0 Å². The fourth-order valence-corrected chi connectivity index (χ4v) is 4.22. The van der Waals surface area contributed by atoms with Gasteiger partial charge in [-0.3, -0.25) is 4.79 Å². The van der Waals surface area contributed by atoms with Gasteiger partial charge in [0.15, 0.2) is 0 Å². The minimum atomic E-state index is -0.0301. The third-order valence-corrected chi connectivity index (χ3v) is 6.08. The molecule has 0 bridgehead atoms. The maximum absolute atomic E-state index is 12.4. The predicted octanol–water partition coefficient (Wildman–Crippen LogP) is 1.79. The fraction of sp³-hybridized carbons (Fsp3) is 0.933. The average Bonchev–Trinajstić information content (AvgIpc) is 2.94. The minimum Gasteiger partial charge on any atom is -0.379 e. The molecule has 0 aromatic rings. The van der Waals surface area contributed by atoms with Crippen molar-refractivity contribution in [1.29, 1.82) is 0 Å². The summed E-state index contributed by atoms with van der Waals surface area (Å²) < 4.78 is 5.72. The maximum atomic E-state index is 12.4. The second-order valence-corrected chi connectivity index (χ2v) is 7.25. The molecule has 1 aliphatic heterocycles. The van der Waals surface area contributed by atoms with Gasteiger partial charge in [-0.1, -0.05) is 26.2 Å². The predicted molar refractivity (Wildman–Crippen MR) is 84.1 cm³/mol. The zero-order chi connectivity index (χ0) is 14.4. The topological polar surface area (TPSA) is 50.4 Å². The molecule has 2 aliphatic rings. The number of carbonyl (C=O) groups is 1. The number of hydrogen-bond acceptors (Lipinski definition) is 4. The summed E-state index contributed by atoms with van der Waals surface area (Å²) in [6.45, 7) is 4.96. The standard InChI is InChI=1S/C15H28N2O2S/c1-3-16-13-10-19-9-12(13)14(18)17-11-15(20-2)7-5-4-6-8-15/h12-13,16H,3-11H2,1-2H3,(H,17,18). The molecular weight excluding hydrogens is 272 g/mol. The highest BCUT2D eigenvalue weighted by Gasteiger charge is 2.36. The molecule has 2 fully saturated rings. The molecule has 1 amide bonds. The smallest absolute Gasteiger partial charge is 0.227 e. The van der Waals surface area contributed by atoms with Gasteiger partial charge in [0.05, 0.1) is 19.1 Å². The Balaban J connectivity index is 1.84. The Kier molecular flexibility index (Phi) is 6.18. The normalized spacial score (nSPS) is 29.3. The van der Waals surface area contributed by atoms with E-state index >= 15 is 0 Å². The molecule has 0 aromatic carbocycles. The maximum Gasteiger partial charge on any atom is 0.227 e. The van der Waals surface area contributed by atoms with Crippen LogP contribution in [0, 0.1) is 5.92 Å². The first-order valence-electron chi connectivity index (χ1n) is 7.85. The molecule has 5 heteroatoms. The summed E-state index contributed by atoms with van der Waals surface area (Å²) in [5.74, 6) is 0.130. The first-order valence-corrected chi connectivity index (χ1v) is 9.07. The lowest BCUT2D eigenvalue weighted by Gasteiger charge is -2.36. The Morgan fingerprint density at radius 2 is 2.05 bits per heavy atom. The van der Waals surface area contributed by atoms with Gasteiger partial charge in [-0.25, -0.2) is 0 Å². The van der Waals surface area contributed by atoms with Gasteiger partial charge in [0.2, 0.25) is 5.91 Å². The van der Waals surface area contributed by atoms with Gasteiger partial charge in [-0.15, -0.1) is 0 Å². The van der Waals surface area contributed by atoms with Crippen molar-refractivity contribution in [2.75, 3.05) is 32.6 Å². The molecule has 2 rings (SSSR count). The van der Waals surface area contributed by atoms with Gasteiger partial charge in [0.1, 0.15) is 0 Å². The zero-order valence-corrected chi connectivity index (χ0v) is 13.6. The molecule has 116 valence electrons. The van der Waals surface area contributed by atoms with Crippen LogP contribution in [-0.2, 0) is 9.53 Å². The second kappa shape index (κ2) is 7.66. The van der Waals surface area contributed by atoms with Crippen molar-refractivity contribution < 1.29 is 9.53 Å². The van der Waals surface area contributed by atoms with E-state index in [-0.39, 0.29) is 22.6 Å². The highest BCUT2D eigenvalue weighted by atomic mass is 32.2. The quantitative estimate of drug-likeness (QED) is 0.785. The molecule has 1 saturated heterocycles. The number of rotatable bonds is 6.